The molecule has 2 atom stereocenters. The molecule has 0 aliphatic carbocycles. The Hall–Kier alpha value is -2.14. The average molecular weight is 386 g/mol. The number of amides is 1. The smallest absolute Gasteiger partial charge is 0.238 e. The molecular weight excluding hydrogens is 358 g/mol. The Morgan fingerprint density at radius 3 is 2.33 bits per heavy atom. The van der Waals surface area contributed by atoms with Gasteiger partial charge >= 0.3 is 0 Å². The fourth-order valence-corrected chi connectivity index (χ4v) is 4.45. The predicted molar refractivity (Wildman–Crippen MR) is 109 cm³/mol. The molecule has 27 heavy (non-hydrogen) atoms. The standard InChI is InChI=1S/C22H27NO3S/c1-18(22(24)23-15-9-2-3-10-16-23)27(25)17-19-11-7-8-14-21(19)26-20-12-5-4-6-13-20/h4-8,11-14,18H,2-3,9-10,15-17H2,1H3. The summed E-state index contributed by atoms with van der Waals surface area (Å²) in [5, 5.41) is -0.507. The maximum Gasteiger partial charge on any atom is 0.238 e. The molecule has 1 aliphatic heterocycles. The number of carbonyl (C=O) groups is 1. The number of hydrogen-bond acceptors (Lipinski definition) is 3. The van der Waals surface area contributed by atoms with E-state index in [1.807, 2.05) is 59.5 Å². The number of ether oxygens (including phenoxy) is 1. The molecule has 0 spiro atoms. The molecule has 0 radical (unpaired) electrons. The molecule has 5 heteroatoms. The quantitative estimate of drug-likeness (QED) is 0.734. The Morgan fingerprint density at radius 2 is 1.63 bits per heavy atom. The number of benzene rings is 2. The number of carbonyl (C=O) groups excluding carboxylic acids is 1. The summed E-state index contributed by atoms with van der Waals surface area (Å²) in [5.74, 6) is 1.75. The Kier molecular flexibility index (Phi) is 7.04. The van der Waals surface area contributed by atoms with Gasteiger partial charge in [0.2, 0.25) is 5.91 Å². The zero-order valence-corrected chi connectivity index (χ0v) is 16.6. The Bertz CT molecular complexity index is 770. The summed E-state index contributed by atoms with van der Waals surface area (Å²) >= 11 is 0. The van der Waals surface area contributed by atoms with E-state index in [2.05, 4.69) is 0 Å². The molecule has 1 heterocycles. The second-order valence-electron chi connectivity index (χ2n) is 6.93. The minimum absolute atomic E-state index is 0.0108. The summed E-state index contributed by atoms with van der Waals surface area (Å²) in [6.07, 6.45) is 4.43. The Morgan fingerprint density at radius 1 is 1.00 bits per heavy atom. The van der Waals surface area contributed by atoms with Gasteiger partial charge in [-0.3, -0.25) is 9.00 Å². The van der Waals surface area contributed by atoms with Gasteiger partial charge in [-0.05, 0) is 38.0 Å². The van der Waals surface area contributed by atoms with E-state index in [4.69, 9.17) is 4.74 Å². The van der Waals surface area contributed by atoms with E-state index in [0.29, 0.717) is 11.5 Å². The summed E-state index contributed by atoms with van der Waals surface area (Å²) in [4.78, 5) is 14.7. The van der Waals surface area contributed by atoms with Crippen LogP contribution in [-0.4, -0.2) is 33.4 Å². The fraction of sp³-hybridized carbons (Fsp3) is 0.409. The topological polar surface area (TPSA) is 46.6 Å². The molecule has 144 valence electrons. The van der Waals surface area contributed by atoms with E-state index >= 15 is 0 Å². The Balaban J connectivity index is 1.67. The van der Waals surface area contributed by atoms with Crippen LogP contribution in [-0.2, 0) is 21.3 Å². The molecule has 3 rings (SSSR count). The number of para-hydroxylation sites is 2. The summed E-state index contributed by atoms with van der Waals surface area (Å²) < 4.78 is 18.8. The van der Waals surface area contributed by atoms with Crippen LogP contribution in [0.25, 0.3) is 0 Å². The molecule has 2 aromatic rings. The molecule has 0 N–H and O–H groups in total. The van der Waals surface area contributed by atoms with Crippen molar-refractivity contribution in [1.82, 2.24) is 4.90 Å². The van der Waals surface area contributed by atoms with Gasteiger partial charge in [0.15, 0.2) is 0 Å². The highest BCUT2D eigenvalue weighted by Gasteiger charge is 2.26. The van der Waals surface area contributed by atoms with Crippen LogP contribution >= 0.6 is 0 Å². The number of rotatable bonds is 6. The van der Waals surface area contributed by atoms with Gasteiger partial charge in [0, 0.05) is 29.5 Å². The normalized spacial score (nSPS) is 17.0. The number of nitrogens with zero attached hydrogens (tertiary/aromatic N) is 1. The van der Waals surface area contributed by atoms with Crippen molar-refractivity contribution >= 4 is 16.7 Å². The van der Waals surface area contributed by atoms with E-state index in [1.165, 1.54) is 12.8 Å². The second kappa shape index (κ2) is 9.70. The third-order valence-corrected chi connectivity index (χ3v) is 6.49. The molecule has 2 unspecified atom stereocenters. The third kappa shape index (κ3) is 5.42. The van der Waals surface area contributed by atoms with Crippen molar-refractivity contribution in [2.45, 2.75) is 43.6 Å². The summed E-state index contributed by atoms with van der Waals surface area (Å²) in [6.45, 7) is 3.35. The molecule has 1 amide bonds. The molecule has 1 fully saturated rings. The van der Waals surface area contributed by atoms with Gasteiger partial charge in [-0.2, -0.15) is 0 Å². The van der Waals surface area contributed by atoms with Crippen LogP contribution in [0.2, 0.25) is 0 Å². The summed E-state index contributed by atoms with van der Waals surface area (Å²) in [7, 11) is -1.29. The predicted octanol–water partition coefficient (Wildman–Crippen LogP) is 4.52. The van der Waals surface area contributed by atoms with Crippen LogP contribution in [0.5, 0.6) is 11.5 Å². The summed E-state index contributed by atoms with van der Waals surface area (Å²) in [6, 6.07) is 17.1. The SMILES string of the molecule is CC(C(=O)N1CCCCCC1)S(=O)Cc1ccccc1Oc1ccccc1. The molecule has 0 saturated carbocycles. The number of likely N-dealkylation sites (tertiary alicyclic amines) is 1. The monoisotopic (exact) mass is 385 g/mol. The maximum atomic E-state index is 12.9. The van der Waals surface area contributed by atoms with E-state index < -0.39 is 16.0 Å². The highest BCUT2D eigenvalue weighted by atomic mass is 32.2. The zero-order valence-electron chi connectivity index (χ0n) is 15.8. The molecule has 0 aromatic heterocycles. The minimum Gasteiger partial charge on any atom is -0.457 e. The van der Waals surface area contributed by atoms with Crippen LogP contribution in [0, 0.1) is 0 Å². The van der Waals surface area contributed by atoms with Crippen molar-refractivity contribution in [1.29, 1.82) is 0 Å². The minimum atomic E-state index is -1.29. The van der Waals surface area contributed by atoms with E-state index in [-0.39, 0.29) is 5.91 Å². The largest absolute Gasteiger partial charge is 0.457 e. The molecule has 2 aromatic carbocycles. The first-order valence-electron chi connectivity index (χ1n) is 9.62. The van der Waals surface area contributed by atoms with Gasteiger partial charge in [-0.1, -0.05) is 49.2 Å². The van der Waals surface area contributed by atoms with Gasteiger partial charge in [-0.25, -0.2) is 0 Å². The fourth-order valence-electron chi connectivity index (χ4n) is 3.28. The van der Waals surface area contributed by atoms with Gasteiger partial charge in [-0.15, -0.1) is 0 Å². The van der Waals surface area contributed by atoms with Crippen molar-refractivity contribution in [3.05, 3.63) is 60.2 Å². The zero-order chi connectivity index (χ0) is 19.1. The van der Waals surface area contributed by atoms with Gasteiger partial charge in [0.25, 0.3) is 0 Å². The van der Waals surface area contributed by atoms with Gasteiger partial charge in [0.1, 0.15) is 16.7 Å². The van der Waals surface area contributed by atoms with Crippen LogP contribution in [0.15, 0.2) is 54.6 Å². The average Bonchev–Trinajstić information content (AvgIpc) is 2.98. The van der Waals surface area contributed by atoms with Crippen LogP contribution < -0.4 is 4.74 Å². The molecule has 1 saturated heterocycles. The molecule has 1 aliphatic rings. The highest BCUT2D eigenvalue weighted by Crippen LogP contribution is 2.26. The van der Waals surface area contributed by atoms with E-state index in [1.54, 1.807) is 6.92 Å². The molecular formula is C22H27NO3S. The Labute approximate surface area is 164 Å². The maximum absolute atomic E-state index is 12.9. The van der Waals surface area contributed by atoms with E-state index in [0.717, 1.165) is 37.2 Å². The lowest BCUT2D eigenvalue weighted by atomic mass is 10.2. The first kappa shape index (κ1) is 19.6. The van der Waals surface area contributed by atoms with Crippen molar-refractivity contribution in [3.63, 3.8) is 0 Å². The first-order valence-corrected chi connectivity index (χ1v) is 11.0. The second-order valence-corrected chi connectivity index (χ2v) is 8.69. The van der Waals surface area contributed by atoms with Crippen LogP contribution in [0.4, 0.5) is 0 Å². The van der Waals surface area contributed by atoms with Crippen molar-refractivity contribution in [3.8, 4) is 11.5 Å². The lowest BCUT2D eigenvalue weighted by molar-refractivity contribution is -0.130. The van der Waals surface area contributed by atoms with Crippen molar-refractivity contribution < 1.29 is 13.7 Å². The molecule has 4 nitrogen and oxygen atoms in total. The van der Waals surface area contributed by atoms with Crippen molar-refractivity contribution in [2.24, 2.45) is 0 Å². The molecule has 0 bridgehead atoms. The van der Waals surface area contributed by atoms with Crippen molar-refractivity contribution in [2.75, 3.05) is 13.1 Å². The first-order chi connectivity index (χ1) is 13.1. The highest BCUT2D eigenvalue weighted by molar-refractivity contribution is 7.85. The van der Waals surface area contributed by atoms with E-state index in [9.17, 15) is 9.00 Å². The summed E-state index contributed by atoms with van der Waals surface area (Å²) in [5.41, 5.74) is 0.857. The third-order valence-electron chi connectivity index (χ3n) is 4.90. The van der Waals surface area contributed by atoms with Gasteiger partial charge in [0.05, 0.1) is 5.75 Å². The lowest BCUT2D eigenvalue weighted by Crippen LogP contribution is -2.40. The van der Waals surface area contributed by atoms with Crippen LogP contribution in [0.1, 0.15) is 38.2 Å². The lowest BCUT2D eigenvalue weighted by Gasteiger charge is -2.24. The number of hydrogen-bond donors (Lipinski definition) is 0. The van der Waals surface area contributed by atoms with Crippen LogP contribution in [0.3, 0.4) is 0 Å². The van der Waals surface area contributed by atoms with Gasteiger partial charge < -0.3 is 9.64 Å².